The fourth-order valence-electron chi connectivity index (χ4n) is 2.74. The van der Waals surface area contributed by atoms with Crippen LogP contribution in [0.1, 0.15) is 5.56 Å². The molecule has 1 amide bonds. The second-order valence-electron chi connectivity index (χ2n) is 6.37. The minimum absolute atomic E-state index is 0.0210. The zero-order chi connectivity index (χ0) is 21.6. The molecule has 0 radical (unpaired) electrons. The van der Waals surface area contributed by atoms with Gasteiger partial charge in [-0.3, -0.25) is 9.78 Å². The lowest BCUT2D eigenvalue weighted by Gasteiger charge is -2.22. The number of carbonyl (C=O) groups excluding carboxylic acids is 1. The standard InChI is InChI=1S/C21H20BrN3O4S/c1-29-19-9-7-16(8-10-19)14-25(30(27,28)20-6-3-11-23-13-20)15-21(26)24-18-5-2-4-17(22)12-18/h2-13H,14-15H2,1H3,(H,24,26). The molecule has 0 aliphatic rings. The van der Waals surface area contributed by atoms with Gasteiger partial charge in [-0.15, -0.1) is 0 Å². The highest BCUT2D eigenvalue weighted by atomic mass is 79.9. The number of methoxy groups -OCH3 is 1. The highest BCUT2D eigenvalue weighted by molar-refractivity contribution is 9.10. The summed E-state index contributed by atoms with van der Waals surface area (Å²) in [6, 6.07) is 17.1. The predicted octanol–water partition coefficient (Wildman–Crippen LogP) is 3.68. The van der Waals surface area contributed by atoms with Gasteiger partial charge in [0.05, 0.1) is 13.7 Å². The second-order valence-corrected chi connectivity index (χ2v) is 9.22. The van der Waals surface area contributed by atoms with Crippen LogP contribution in [-0.4, -0.2) is 37.3 Å². The highest BCUT2D eigenvalue weighted by Gasteiger charge is 2.27. The molecule has 1 N–H and O–H groups in total. The molecule has 0 spiro atoms. The Hall–Kier alpha value is -2.75. The molecular weight excluding hydrogens is 470 g/mol. The Kier molecular flexibility index (Phi) is 7.20. The third-order valence-corrected chi connectivity index (χ3v) is 6.49. The van der Waals surface area contributed by atoms with E-state index in [0.29, 0.717) is 11.4 Å². The number of amides is 1. The molecule has 0 aliphatic heterocycles. The summed E-state index contributed by atoms with van der Waals surface area (Å²) in [6.07, 6.45) is 2.76. The molecule has 30 heavy (non-hydrogen) atoms. The van der Waals surface area contributed by atoms with Crippen LogP contribution < -0.4 is 10.1 Å². The maximum Gasteiger partial charge on any atom is 0.245 e. The minimum Gasteiger partial charge on any atom is -0.497 e. The van der Waals surface area contributed by atoms with Crippen LogP contribution in [0.15, 0.2) is 82.4 Å². The van der Waals surface area contributed by atoms with Crippen molar-refractivity contribution >= 4 is 37.5 Å². The first kappa shape index (κ1) is 21.9. The first-order valence-electron chi connectivity index (χ1n) is 8.97. The maximum absolute atomic E-state index is 13.2. The Morgan fingerprint density at radius 2 is 1.90 bits per heavy atom. The van der Waals surface area contributed by atoms with Gasteiger partial charge in [-0.05, 0) is 48.0 Å². The highest BCUT2D eigenvalue weighted by Crippen LogP contribution is 2.20. The fourth-order valence-corrected chi connectivity index (χ4v) is 4.48. The van der Waals surface area contributed by atoms with Crippen LogP contribution in [0, 0.1) is 0 Å². The topological polar surface area (TPSA) is 88.6 Å². The minimum atomic E-state index is -3.94. The van der Waals surface area contributed by atoms with Gasteiger partial charge >= 0.3 is 0 Å². The molecule has 1 aromatic heterocycles. The normalized spacial score (nSPS) is 11.3. The summed E-state index contributed by atoms with van der Waals surface area (Å²) in [5.41, 5.74) is 1.29. The number of benzene rings is 2. The van der Waals surface area contributed by atoms with E-state index in [0.717, 1.165) is 14.3 Å². The van der Waals surface area contributed by atoms with Crippen LogP contribution in [0.2, 0.25) is 0 Å². The van der Waals surface area contributed by atoms with Crippen LogP contribution in [0.4, 0.5) is 5.69 Å². The number of carbonyl (C=O) groups is 1. The number of nitrogens with zero attached hydrogens (tertiary/aromatic N) is 2. The Morgan fingerprint density at radius 1 is 1.13 bits per heavy atom. The first-order chi connectivity index (χ1) is 14.4. The van der Waals surface area contributed by atoms with Crippen molar-refractivity contribution in [3.05, 3.63) is 83.1 Å². The summed E-state index contributed by atoms with van der Waals surface area (Å²) in [5, 5.41) is 2.73. The number of halogens is 1. The van der Waals surface area contributed by atoms with E-state index in [1.54, 1.807) is 55.6 Å². The van der Waals surface area contributed by atoms with Crippen molar-refractivity contribution in [3.63, 3.8) is 0 Å². The van der Waals surface area contributed by atoms with E-state index in [2.05, 4.69) is 26.2 Å². The summed E-state index contributed by atoms with van der Waals surface area (Å²) in [5.74, 6) is 0.210. The zero-order valence-electron chi connectivity index (χ0n) is 16.2. The summed E-state index contributed by atoms with van der Waals surface area (Å²) < 4.78 is 33.4. The lowest BCUT2D eigenvalue weighted by Crippen LogP contribution is -2.37. The number of sulfonamides is 1. The number of aromatic nitrogens is 1. The van der Waals surface area contributed by atoms with E-state index in [1.807, 2.05) is 6.07 Å². The smallest absolute Gasteiger partial charge is 0.245 e. The summed E-state index contributed by atoms with van der Waals surface area (Å²) in [4.78, 5) is 16.5. The molecule has 0 bridgehead atoms. The first-order valence-corrected chi connectivity index (χ1v) is 11.2. The molecule has 3 aromatic rings. The van der Waals surface area contributed by atoms with Crippen LogP contribution in [0.25, 0.3) is 0 Å². The SMILES string of the molecule is COc1ccc(CN(CC(=O)Nc2cccc(Br)c2)S(=O)(=O)c2cccnc2)cc1. The molecule has 156 valence electrons. The molecule has 1 heterocycles. The van der Waals surface area contributed by atoms with E-state index in [1.165, 1.54) is 18.5 Å². The monoisotopic (exact) mass is 489 g/mol. The molecule has 0 saturated carbocycles. The van der Waals surface area contributed by atoms with Gasteiger partial charge in [-0.25, -0.2) is 8.42 Å². The number of anilines is 1. The molecule has 3 rings (SSSR count). The molecule has 0 fully saturated rings. The Balaban J connectivity index is 1.85. The molecular formula is C21H20BrN3O4S. The van der Waals surface area contributed by atoms with Crippen molar-refractivity contribution in [1.82, 2.24) is 9.29 Å². The molecule has 9 heteroatoms. The zero-order valence-corrected chi connectivity index (χ0v) is 18.6. The molecule has 0 aliphatic carbocycles. The van der Waals surface area contributed by atoms with Gasteiger partial charge in [0.1, 0.15) is 10.6 Å². The van der Waals surface area contributed by atoms with Gasteiger partial charge in [0, 0.05) is 29.1 Å². The van der Waals surface area contributed by atoms with E-state index < -0.39 is 15.9 Å². The molecule has 7 nitrogen and oxygen atoms in total. The maximum atomic E-state index is 13.2. The van der Waals surface area contributed by atoms with Crippen LogP contribution in [-0.2, 0) is 21.4 Å². The van der Waals surface area contributed by atoms with Gasteiger partial charge in [-0.2, -0.15) is 4.31 Å². The predicted molar refractivity (Wildman–Crippen MR) is 118 cm³/mol. The van der Waals surface area contributed by atoms with Gasteiger partial charge in [-0.1, -0.05) is 34.1 Å². The van der Waals surface area contributed by atoms with Crippen LogP contribution >= 0.6 is 15.9 Å². The van der Waals surface area contributed by atoms with Gasteiger partial charge in [0.25, 0.3) is 0 Å². The average Bonchev–Trinajstić information content (AvgIpc) is 2.74. The Morgan fingerprint density at radius 3 is 2.53 bits per heavy atom. The van der Waals surface area contributed by atoms with Gasteiger partial charge in [0.2, 0.25) is 15.9 Å². The van der Waals surface area contributed by atoms with Crippen molar-refractivity contribution < 1.29 is 17.9 Å². The molecule has 0 saturated heterocycles. The lowest BCUT2D eigenvalue weighted by molar-refractivity contribution is -0.116. The third kappa shape index (κ3) is 5.65. The number of pyridine rings is 1. The molecule has 0 unspecified atom stereocenters. The van der Waals surface area contributed by atoms with E-state index in [-0.39, 0.29) is 18.0 Å². The fraction of sp³-hybridized carbons (Fsp3) is 0.143. The van der Waals surface area contributed by atoms with Crippen molar-refractivity contribution in [2.45, 2.75) is 11.4 Å². The van der Waals surface area contributed by atoms with Crippen LogP contribution in [0.5, 0.6) is 5.75 Å². The second kappa shape index (κ2) is 9.84. The van der Waals surface area contributed by atoms with Crippen molar-refractivity contribution in [2.24, 2.45) is 0 Å². The van der Waals surface area contributed by atoms with Crippen LogP contribution in [0.3, 0.4) is 0 Å². The summed E-state index contributed by atoms with van der Waals surface area (Å²) in [7, 11) is -2.38. The quantitative estimate of drug-likeness (QED) is 0.521. The Bertz CT molecular complexity index is 1110. The van der Waals surface area contributed by atoms with E-state index in [9.17, 15) is 13.2 Å². The lowest BCUT2D eigenvalue weighted by atomic mass is 10.2. The Labute approximate surface area is 183 Å². The van der Waals surface area contributed by atoms with Crippen molar-refractivity contribution in [1.29, 1.82) is 0 Å². The van der Waals surface area contributed by atoms with Crippen molar-refractivity contribution in [3.8, 4) is 5.75 Å². The number of rotatable bonds is 8. The molecule has 0 atom stereocenters. The largest absolute Gasteiger partial charge is 0.497 e. The summed E-state index contributed by atoms with van der Waals surface area (Å²) >= 11 is 3.35. The number of hydrogen-bond donors (Lipinski definition) is 1. The van der Waals surface area contributed by atoms with Gasteiger partial charge < -0.3 is 10.1 Å². The number of ether oxygens (including phenoxy) is 1. The van der Waals surface area contributed by atoms with Gasteiger partial charge in [0.15, 0.2) is 0 Å². The summed E-state index contributed by atoms with van der Waals surface area (Å²) in [6.45, 7) is -0.330. The average molecular weight is 490 g/mol. The third-order valence-electron chi connectivity index (χ3n) is 4.22. The van der Waals surface area contributed by atoms with E-state index in [4.69, 9.17) is 4.74 Å². The van der Waals surface area contributed by atoms with Crippen molar-refractivity contribution in [2.75, 3.05) is 19.0 Å². The van der Waals surface area contributed by atoms with E-state index >= 15 is 0 Å². The number of hydrogen-bond acceptors (Lipinski definition) is 5. The number of nitrogens with one attached hydrogen (secondary N) is 1. The molecule has 2 aromatic carbocycles.